The predicted octanol–water partition coefficient (Wildman–Crippen LogP) is 11.7. The van der Waals surface area contributed by atoms with E-state index in [1.807, 2.05) is 24.3 Å². The van der Waals surface area contributed by atoms with E-state index in [4.69, 9.17) is 24.3 Å². The summed E-state index contributed by atoms with van der Waals surface area (Å²) in [6.45, 7) is 3.29. The molecule has 316 valence electrons. The quantitative estimate of drug-likeness (QED) is 0.0278. The number of carbonyl (C=O) groups excluding carboxylic acids is 2. The third kappa shape index (κ3) is 41.3. The molecule has 57 heavy (non-hydrogen) atoms. The van der Waals surface area contributed by atoms with Gasteiger partial charge in [-0.15, -0.1) is 0 Å². The molecule has 0 radical (unpaired) electrons. The first-order valence-corrected chi connectivity index (χ1v) is 21.8. The molecule has 3 N–H and O–H groups in total. The third-order valence-corrected chi connectivity index (χ3v) is 8.27. The summed E-state index contributed by atoms with van der Waals surface area (Å²) < 4.78 is 32.5. The van der Waals surface area contributed by atoms with E-state index in [9.17, 15) is 19.0 Å². The van der Waals surface area contributed by atoms with Crippen molar-refractivity contribution in [3.63, 3.8) is 0 Å². The van der Waals surface area contributed by atoms with Gasteiger partial charge in [0, 0.05) is 6.54 Å². The monoisotopic (exact) mass is 807 g/mol. The average Bonchev–Trinajstić information content (AvgIpc) is 3.20. The van der Waals surface area contributed by atoms with Gasteiger partial charge in [0.25, 0.3) is 0 Å². The molecular weight excluding hydrogens is 737 g/mol. The fourth-order valence-electron chi connectivity index (χ4n) is 4.31. The van der Waals surface area contributed by atoms with Crippen molar-refractivity contribution in [1.29, 1.82) is 0 Å². The number of nitrogens with two attached hydrogens (primary N) is 1. The van der Waals surface area contributed by atoms with E-state index >= 15 is 0 Å². The lowest BCUT2D eigenvalue weighted by molar-refractivity contribution is -0.160. The SMILES string of the molecule is CCC/C=C/C=C/C/C=C/C/C=C/C/C=C\C/C=C/CC(=O)OC(COC(=O)C/C=C/C/C=C/C/C=C/C/C=C/C/C=C/C=C/CCC)COP(=O)(O)OCCN. The number of unbranched alkanes of at least 4 members (excludes halogenated alkanes) is 2. The molecule has 0 aromatic carbocycles. The number of phosphoric acid groups is 1. The molecule has 0 aliphatic rings. The second kappa shape index (κ2) is 41.5. The van der Waals surface area contributed by atoms with Gasteiger partial charge >= 0.3 is 19.8 Å². The summed E-state index contributed by atoms with van der Waals surface area (Å²) in [5.74, 6) is -1.15. The van der Waals surface area contributed by atoms with Crippen LogP contribution in [0.25, 0.3) is 0 Å². The van der Waals surface area contributed by atoms with E-state index in [0.29, 0.717) is 12.8 Å². The minimum atomic E-state index is -4.43. The van der Waals surface area contributed by atoms with Crippen molar-refractivity contribution in [2.75, 3.05) is 26.4 Å². The second-order valence-corrected chi connectivity index (χ2v) is 14.0. The van der Waals surface area contributed by atoms with Crippen LogP contribution in [0.15, 0.2) is 146 Å². The fraction of sp³-hybridized carbons (Fsp3) is 0.447. The first kappa shape index (κ1) is 52.9. The van der Waals surface area contributed by atoms with Crippen molar-refractivity contribution in [2.45, 2.75) is 110 Å². The highest BCUT2D eigenvalue weighted by atomic mass is 31.2. The van der Waals surface area contributed by atoms with E-state index in [-0.39, 0.29) is 32.6 Å². The predicted molar refractivity (Wildman–Crippen MR) is 237 cm³/mol. The molecule has 0 bridgehead atoms. The lowest BCUT2D eigenvalue weighted by Crippen LogP contribution is -2.29. The van der Waals surface area contributed by atoms with E-state index in [2.05, 4.69) is 123 Å². The number of allylic oxidation sites excluding steroid dienone is 22. The molecule has 0 saturated heterocycles. The maximum absolute atomic E-state index is 12.5. The zero-order valence-electron chi connectivity index (χ0n) is 34.5. The maximum atomic E-state index is 12.5. The van der Waals surface area contributed by atoms with Crippen LogP contribution >= 0.6 is 7.82 Å². The summed E-state index contributed by atoms with van der Waals surface area (Å²) >= 11 is 0. The molecule has 0 aliphatic carbocycles. The lowest BCUT2D eigenvalue weighted by Gasteiger charge is -2.19. The molecule has 0 rings (SSSR count). The van der Waals surface area contributed by atoms with Gasteiger partial charge in [-0.3, -0.25) is 18.6 Å². The molecule has 0 saturated carbocycles. The van der Waals surface area contributed by atoms with Gasteiger partial charge in [0.1, 0.15) is 6.61 Å². The van der Waals surface area contributed by atoms with Gasteiger partial charge in [-0.25, -0.2) is 4.57 Å². The van der Waals surface area contributed by atoms with Crippen LogP contribution in [0, 0.1) is 0 Å². The number of carbonyl (C=O) groups is 2. The van der Waals surface area contributed by atoms with E-state index in [0.717, 1.165) is 51.4 Å². The third-order valence-electron chi connectivity index (χ3n) is 7.28. The standard InChI is InChI=1S/C47H70NO8P/c1-3-5-7-9-11-13-15-17-19-21-23-25-27-29-31-33-35-37-39-46(49)53-43-45(44-55-57(51,52)54-42-41-48)56-47(50)40-38-36-34-32-30-28-26-24-22-20-18-16-14-12-10-8-6-4-2/h7-14,17-20,23-26,29-32,35-38,45H,3-6,15-16,21-22,27-28,33-34,39-44,48H2,1-2H3,(H,51,52)/b9-7+,10-8+,13-11+,14-12+,19-17+,20-18+,25-23+,26-24+,31-29+,32-30-,37-35+,38-36+. The normalized spacial score (nSPS) is 14.8. The van der Waals surface area contributed by atoms with Crippen LogP contribution in [0.3, 0.4) is 0 Å². The Balaban J connectivity index is 4.53. The Kier molecular flexibility index (Phi) is 38.5. The molecule has 10 heteroatoms. The smallest absolute Gasteiger partial charge is 0.461 e. The van der Waals surface area contributed by atoms with E-state index in [1.54, 1.807) is 12.2 Å². The van der Waals surface area contributed by atoms with Crippen LogP contribution < -0.4 is 5.73 Å². The zero-order valence-corrected chi connectivity index (χ0v) is 35.4. The molecule has 0 aromatic heterocycles. The summed E-state index contributed by atoms with van der Waals surface area (Å²) in [5.41, 5.74) is 5.33. The number of hydrogen-bond donors (Lipinski definition) is 2. The molecule has 0 heterocycles. The number of esters is 2. The van der Waals surface area contributed by atoms with Crippen LogP contribution in [0.1, 0.15) is 104 Å². The van der Waals surface area contributed by atoms with Crippen molar-refractivity contribution >= 4 is 19.8 Å². The zero-order chi connectivity index (χ0) is 41.8. The summed E-state index contributed by atoms with van der Waals surface area (Å²) in [6, 6.07) is 0. The molecule has 9 nitrogen and oxygen atoms in total. The highest BCUT2D eigenvalue weighted by Gasteiger charge is 2.25. The van der Waals surface area contributed by atoms with Crippen molar-refractivity contribution in [1.82, 2.24) is 0 Å². The van der Waals surface area contributed by atoms with Gasteiger partial charge < -0.3 is 20.1 Å². The number of hydrogen-bond acceptors (Lipinski definition) is 8. The van der Waals surface area contributed by atoms with Crippen LogP contribution in [0.2, 0.25) is 0 Å². The van der Waals surface area contributed by atoms with Crippen molar-refractivity contribution in [3.05, 3.63) is 146 Å². The Morgan fingerprint density at radius 2 is 0.895 bits per heavy atom. The van der Waals surface area contributed by atoms with Crippen LogP contribution in [-0.2, 0) is 32.7 Å². The van der Waals surface area contributed by atoms with Gasteiger partial charge in [-0.1, -0.05) is 173 Å². The van der Waals surface area contributed by atoms with Crippen LogP contribution in [-0.4, -0.2) is 49.3 Å². The van der Waals surface area contributed by atoms with Crippen LogP contribution in [0.4, 0.5) is 0 Å². The van der Waals surface area contributed by atoms with Crippen molar-refractivity contribution in [3.8, 4) is 0 Å². The first-order chi connectivity index (χ1) is 27.8. The van der Waals surface area contributed by atoms with Gasteiger partial charge in [-0.2, -0.15) is 0 Å². The van der Waals surface area contributed by atoms with Gasteiger partial charge in [-0.05, 0) is 64.2 Å². The molecule has 0 aromatic rings. The molecule has 2 atom stereocenters. The van der Waals surface area contributed by atoms with Crippen LogP contribution in [0.5, 0.6) is 0 Å². The average molecular weight is 808 g/mol. The molecule has 0 spiro atoms. The Morgan fingerprint density at radius 3 is 1.30 bits per heavy atom. The lowest BCUT2D eigenvalue weighted by atomic mass is 10.2. The van der Waals surface area contributed by atoms with Gasteiger partial charge in [0.15, 0.2) is 6.10 Å². The number of rotatable bonds is 35. The summed E-state index contributed by atoms with van der Waals surface area (Å²) in [6.07, 6.45) is 59.3. The minimum absolute atomic E-state index is 0.0162. The fourth-order valence-corrected chi connectivity index (χ4v) is 5.07. The topological polar surface area (TPSA) is 134 Å². The molecular formula is C47H70NO8P. The van der Waals surface area contributed by atoms with Crippen molar-refractivity contribution in [2.24, 2.45) is 5.73 Å². The second-order valence-electron chi connectivity index (χ2n) is 12.5. The molecule has 2 unspecified atom stereocenters. The van der Waals surface area contributed by atoms with Gasteiger partial charge in [0.05, 0.1) is 26.1 Å². The minimum Gasteiger partial charge on any atom is -0.461 e. The highest BCUT2D eigenvalue weighted by molar-refractivity contribution is 7.47. The number of ether oxygens (including phenoxy) is 2. The summed E-state index contributed by atoms with van der Waals surface area (Å²) in [4.78, 5) is 34.7. The van der Waals surface area contributed by atoms with Gasteiger partial charge in [0.2, 0.25) is 0 Å². The Hall–Kier alpha value is -4.11. The van der Waals surface area contributed by atoms with E-state index < -0.39 is 32.5 Å². The highest BCUT2D eigenvalue weighted by Crippen LogP contribution is 2.43. The number of phosphoric ester groups is 1. The molecule has 0 amide bonds. The first-order valence-electron chi connectivity index (χ1n) is 20.3. The maximum Gasteiger partial charge on any atom is 0.472 e. The Morgan fingerprint density at radius 1 is 0.526 bits per heavy atom. The summed E-state index contributed by atoms with van der Waals surface area (Å²) in [7, 11) is -4.43. The molecule has 0 aliphatic heterocycles. The molecule has 0 fully saturated rings. The largest absolute Gasteiger partial charge is 0.472 e. The van der Waals surface area contributed by atoms with Crippen molar-refractivity contribution < 1.29 is 37.6 Å². The Labute approximate surface area is 344 Å². The summed E-state index contributed by atoms with van der Waals surface area (Å²) in [5, 5.41) is 0. The van der Waals surface area contributed by atoms with E-state index in [1.165, 1.54) is 12.8 Å². The Bertz CT molecular complexity index is 1430.